The molecule has 0 radical (unpaired) electrons. The van der Waals surface area contributed by atoms with Crippen molar-refractivity contribution >= 4 is 52.4 Å². The maximum absolute atomic E-state index is 13.3. The quantitative estimate of drug-likeness (QED) is 0.468. The van der Waals surface area contributed by atoms with Gasteiger partial charge in [-0.2, -0.15) is 0 Å². The highest BCUT2D eigenvalue weighted by Crippen LogP contribution is 2.29. The lowest BCUT2D eigenvalue weighted by Gasteiger charge is -2.21. The van der Waals surface area contributed by atoms with E-state index in [4.69, 9.17) is 23.2 Å². The van der Waals surface area contributed by atoms with Crippen LogP contribution < -0.4 is 10.2 Å². The molecule has 0 aliphatic carbocycles. The molecular weight excluding hydrogens is 468 g/mol. The summed E-state index contributed by atoms with van der Waals surface area (Å²) in [4.78, 5) is 41.6. The van der Waals surface area contributed by atoms with Crippen molar-refractivity contribution in [3.05, 3.63) is 94.2 Å². The zero-order chi connectivity index (χ0) is 23.5. The van der Waals surface area contributed by atoms with Crippen molar-refractivity contribution in [2.45, 2.75) is 19.0 Å². The number of nitrogens with one attached hydrogen (secondary N) is 1. The zero-order valence-electron chi connectivity index (χ0n) is 17.2. The number of amides is 4. The van der Waals surface area contributed by atoms with Gasteiger partial charge in [0.1, 0.15) is 11.9 Å². The fourth-order valence-electron chi connectivity index (χ4n) is 3.55. The third-order valence-corrected chi connectivity index (χ3v) is 5.68. The summed E-state index contributed by atoms with van der Waals surface area (Å²) in [6.45, 7) is 0.0356. The highest BCUT2D eigenvalue weighted by molar-refractivity contribution is 6.31. The van der Waals surface area contributed by atoms with Crippen LogP contribution in [0.5, 0.6) is 0 Å². The lowest BCUT2D eigenvalue weighted by Crippen LogP contribution is -2.37. The second-order valence-corrected chi connectivity index (χ2v) is 8.33. The SMILES string of the molecule is O=C(CC1C(=O)N(c2ccc(Cl)cc2)C(=O)N1Cc1ccc(F)cc1)Nc1ccc(Cl)cc1. The van der Waals surface area contributed by atoms with Crippen LogP contribution in [0.15, 0.2) is 72.8 Å². The summed E-state index contributed by atoms with van der Waals surface area (Å²) in [5.74, 6) is -1.38. The standard InChI is InChI=1S/C24H18Cl2FN3O3/c25-16-3-9-19(10-4-16)28-22(31)13-21-23(32)30(20-11-5-17(26)6-12-20)24(33)29(21)14-15-1-7-18(27)8-2-15/h1-12,21H,13-14H2,(H,28,31). The summed E-state index contributed by atoms with van der Waals surface area (Å²) < 4.78 is 13.3. The van der Waals surface area contributed by atoms with E-state index in [1.165, 1.54) is 29.2 Å². The van der Waals surface area contributed by atoms with Gasteiger partial charge in [0.05, 0.1) is 12.1 Å². The van der Waals surface area contributed by atoms with E-state index in [-0.39, 0.29) is 13.0 Å². The van der Waals surface area contributed by atoms with Gasteiger partial charge in [-0.25, -0.2) is 14.1 Å². The molecule has 0 spiro atoms. The smallest absolute Gasteiger partial charge is 0.326 e. The number of hydrogen-bond donors (Lipinski definition) is 1. The van der Waals surface area contributed by atoms with Crippen LogP contribution in [0.3, 0.4) is 0 Å². The fraction of sp³-hybridized carbons (Fsp3) is 0.125. The molecule has 6 nitrogen and oxygen atoms in total. The van der Waals surface area contributed by atoms with Gasteiger partial charge in [-0.05, 0) is 66.2 Å². The first-order valence-electron chi connectivity index (χ1n) is 10.0. The number of benzene rings is 3. The summed E-state index contributed by atoms with van der Waals surface area (Å²) >= 11 is 11.8. The molecule has 1 atom stereocenters. The molecule has 4 rings (SSSR count). The third kappa shape index (κ3) is 5.16. The normalized spacial score (nSPS) is 15.8. The number of halogens is 3. The summed E-state index contributed by atoms with van der Waals surface area (Å²) in [6, 6.07) is 16.8. The molecule has 1 fully saturated rings. The number of rotatable bonds is 6. The predicted molar refractivity (Wildman–Crippen MR) is 125 cm³/mol. The number of urea groups is 1. The van der Waals surface area contributed by atoms with E-state index in [1.807, 2.05) is 0 Å². The van der Waals surface area contributed by atoms with Gasteiger partial charge in [0.15, 0.2) is 0 Å². The zero-order valence-corrected chi connectivity index (χ0v) is 18.7. The number of carbonyl (C=O) groups excluding carboxylic acids is 3. The Bertz CT molecular complexity index is 1190. The van der Waals surface area contributed by atoms with Crippen LogP contribution in [0.25, 0.3) is 0 Å². The molecular formula is C24H18Cl2FN3O3. The fourth-order valence-corrected chi connectivity index (χ4v) is 3.80. The average Bonchev–Trinajstić information content (AvgIpc) is 3.01. The Hall–Kier alpha value is -3.42. The van der Waals surface area contributed by atoms with Crippen molar-refractivity contribution in [1.82, 2.24) is 4.90 Å². The Labute approximate surface area is 199 Å². The van der Waals surface area contributed by atoms with Gasteiger partial charge < -0.3 is 10.2 Å². The molecule has 1 heterocycles. The van der Waals surface area contributed by atoms with Crippen molar-refractivity contribution in [3.63, 3.8) is 0 Å². The lowest BCUT2D eigenvalue weighted by molar-refractivity contribution is -0.124. The van der Waals surface area contributed by atoms with E-state index in [1.54, 1.807) is 48.5 Å². The van der Waals surface area contributed by atoms with Crippen molar-refractivity contribution in [2.75, 3.05) is 10.2 Å². The van der Waals surface area contributed by atoms with Gasteiger partial charge in [0.25, 0.3) is 5.91 Å². The maximum atomic E-state index is 13.3. The highest BCUT2D eigenvalue weighted by Gasteiger charge is 2.46. The Kier molecular flexibility index (Phi) is 6.62. The highest BCUT2D eigenvalue weighted by atomic mass is 35.5. The predicted octanol–water partition coefficient (Wildman–Crippen LogP) is 5.50. The minimum absolute atomic E-state index is 0.0356. The van der Waals surface area contributed by atoms with Crippen LogP contribution in [0.4, 0.5) is 20.6 Å². The largest absolute Gasteiger partial charge is 0.332 e. The van der Waals surface area contributed by atoms with Gasteiger partial charge in [-0.3, -0.25) is 9.59 Å². The van der Waals surface area contributed by atoms with Gasteiger partial charge in [-0.15, -0.1) is 0 Å². The summed E-state index contributed by atoms with van der Waals surface area (Å²) in [5, 5.41) is 3.69. The first kappa shape index (κ1) is 22.8. The third-order valence-electron chi connectivity index (χ3n) is 5.18. The molecule has 0 saturated carbocycles. The molecule has 0 aromatic heterocycles. The van der Waals surface area contributed by atoms with E-state index in [0.717, 1.165) is 4.90 Å². The summed E-state index contributed by atoms with van der Waals surface area (Å²) in [6.07, 6.45) is -0.252. The second-order valence-electron chi connectivity index (χ2n) is 7.46. The van der Waals surface area contributed by atoms with E-state index in [9.17, 15) is 18.8 Å². The summed E-state index contributed by atoms with van der Waals surface area (Å²) in [5.41, 5.74) is 1.48. The Morgan fingerprint density at radius 2 is 1.45 bits per heavy atom. The molecule has 1 aliphatic heterocycles. The van der Waals surface area contributed by atoms with Crippen LogP contribution in [0, 0.1) is 5.82 Å². The topological polar surface area (TPSA) is 69.7 Å². The molecule has 4 amide bonds. The Morgan fingerprint density at radius 1 is 0.879 bits per heavy atom. The molecule has 33 heavy (non-hydrogen) atoms. The van der Waals surface area contributed by atoms with Crippen molar-refractivity contribution in [2.24, 2.45) is 0 Å². The van der Waals surface area contributed by atoms with Gasteiger partial charge in [0, 0.05) is 22.3 Å². The first-order chi connectivity index (χ1) is 15.8. The number of carbonyl (C=O) groups is 3. The minimum atomic E-state index is -1.04. The molecule has 168 valence electrons. The van der Waals surface area contributed by atoms with Crippen molar-refractivity contribution in [3.8, 4) is 0 Å². The molecule has 3 aromatic rings. The number of anilines is 2. The van der Waals surface area contributed by atoms with Crippen molar-refractivity contribution < 1.29 is 18.8 Å². The monoisotopic (exact) mass is 485 g/mol. The second kappa shape index (κ2) is 9.60. The Balaban J connectivity index is 1.59. The van der Waals surface area contributed by atoms with Crippen LogP contribution in [-0.2, 0) is 16.1 Å². The maximum Gasteiger partial charge on any atom is 0.332 e. The minimum Gasteiger partial charge on any atom is -0.326 e. The molecule has 1 aliphatic rings. The van der Waals surface area contributed by atoms with Crippen LogP contribution in [0.2, 0.25) is 10.0 Å². The molecule has 9 heteroatoms. The van der Waals surface area contributed by atoms with E-state index in [2.05, 4.69) is 5.32 Å². The average molecular weight is 486 g/mol. The summed E-state index contributed by atoms with van der Waals surface area (Å²) in [7, 11) is 0. The molecule has 1 saturated heterocycles. The number of nitrogens with zero attached hydrogens (tertiary/aromatic N) is 2. The van der Waals surface area contributed by atoms with Crippen LogP contribution in [-0.4, -0.2) is 28.8 Å². The molecule has 1 N–H and O–H groups in total. The number of hydrogen-bond acceptors (Lipinski definition) is 3. The van der Waals surface area contributed by atoms with Gasteiger partial charge >= 0.3 is 6.03 Å². The molecule has 3 aromatic carbocycles. The van der Waals surface area contributed by atoms with E-state index in [0.29, 0.717) is 27.0 Å². The van der Waals surface area contributed by atoms with Crippen LogP contribution in [0.1, 0.15) is 12.0 Å². The molecule has 1 unspecified atom stereocenters. The first-order valence-corrected chi connectivity index (χ1v) is 10.8. The van der Waals surface area contributed by atoms with Crippen molar-refractivity contribution in [1.29, 1.82) is 0 Å². The van der Waals surface area contributed by atoms with Crippen LogP contribution >= 0.6 is 23.2 Å². The van der Waals surface area contributed by atoms with E-state index >= 15 is 0 Å². The Morgan fingerprint density at radius 3 is 2.06 bits per heavy atom. The van der Waals surface area contributed by atoms with Gasteiger partial charge in [-0.1, -0.05) is 35.3 Å². The number of imide groups is 1. The van der Waals surface area contributed by atoms with E-state index < -0.39 is 29.7 Å². The lowest BCUT2D eigenvalue weighted by atomic mass is 10.1. The molecule has 0 bridgehead atoms. The van der Waals surface area contributed by atoms with Gasteiger partial charge in [0.2, 0.25) is 5.91 Å².